The summed E-state index contributed by atoms with van der Waals surface area (Å²) in [6, 6.07) is 7.32. The molecule has 1 aliphatic rings. The van der Waals surface area contributed by atoms with Gasteiger partial charge in [0.15, 0.2) is 0 Å². The Kier molecular flexibility index (Phi) is 4.54. The molecule has 2 rings (SSSR count). The molecule has 0 atom stereocenters. The molecule has 0 unspecified atom stereocenters. The Morgan fingerprint density at radius 3 is 2.33 bits per heavy atom. The van der Waals surface area contributed by atoms with Crippen LogP contribution in [0.25, 0.3) is 0 Å². The van der Waals surface area contributed by atoms with Gasteiger partial charge in [-0.2, -0.15) is 0 Å². The lowest BCUT2D eigenvalue weighted by Crippen LogP contribution is -2.54. The van der Waals surface area contributed by atoms with Gasteiger partial charge < -0.3 is 20.5 Å². The Balaban J connectivity index is 1.98. The van der Waals surface area contributed by atoms with E-state index in [9.17, 15) is 4.79 Å². The minimum atomic E-state index is -0.834. The molecule has 1 saturated heterocycles. The second-order valence-electron chi connectivity index (χ2n) is 6.46. The maximum absolute atomic E-state index is 12.3. The highest BCUT2D eigenvalue weighted by molar-refractivity contribution is 5.98. The lowest BCUT2D eigenvalue weighted by Gasteiger charge is -2.31. The van der Waals surface area contributed by atoms with E-state index in [1.54, 1.807) is 0 Å². The van der Waals surface area contributed by atoms with Crippen LogP contribution in [0.15, 0.2) is 24.3 Å². The van der Waals surface area contributed by atoms with Gasteiger partial charge in [0.2, 0.25) is 5.91 Å². The molecule has 5 nitrogen and oxygen atoms in total. The third kappa shape index (κ3) is 4.44. The third-order valence-corrected chi connectivity index (χ3v) is 3.37. The molecular weight excluding hydrogens is 268 g/mol. The summed E-state index contributed by atoms with van der Waals surface area (Å²) in [4.78, 5) is 12.3. The zero-order valence-corrected chi connectivity index (χ0v) is 12.9. The molecule has 1 amide bonds. The second kappa shape index (κ2) is 6.03. The van der Waals surface area contributed by atoms with Crippen LogP contribution < -0.4 is 15.8 Å². The quantitative estimate of drug-likeness (QED) is 0.896. The summed E-state index contributed by atoms with van der Waals surface area (Å²) in [6.45, 7) is 7.04. The number of carbonyl (C=O) groups excluding carboxylic acids is 1. The van der Waals surface area contributed by atoms with Crippen LogP contribution in [-0.4, -0.2) is 30.3 Å². The fourth-order valence-corrected chi connectivity index (χ4v) is 2.18. The Morgan fingerprint density at radius 2 is 1.81 bits per heavy atom. The van der Waals surface area contributed by atoms with Crippen molar-refractivity contribution in [3.8, 4) is 5.75 Å². The van der Waals surface area contributed by atoms with Crippen LogP contribution in [0.2, 0.25) is 0 Å². The highest BCUT2D eigenvalue weighted by Crippen LogP contribution is 2.23. The average Bonchev–Trinajstić information content (AvgIpc) is 2.40. The fourth-order valence-electron chi connectivity index (χ4n) is 2.18. The van der Waals surface area contributed by atoms with Crippen LogP contribution in [0, 0.1) is 0 Å². The Hall–Kier alpha value is -1.59. The van der Waals surface area contributed by atoms with E-state index >= 15 is 0 Å². The number of nitrogens with two attached hydrogens (primary N) is 1. The van der Waals surface area contributed by atoms with Crippen LogP contribution in [0.4, 0.5) is 5.69 Å². The van der Waals surface area contributed by atoms with Crippen molar-refractivity contribution < 1.29 is 14.3 Å². The summed E-state index contributed by atoms with van der Waals surface area (Å²) >= 11 is 0. The van der Waals surface area contributed by atoms with E-state index in [-0.39, 0.29) is 11.5 Å². The molecule has 0 aromatic heterocycles. The number of amides is 1. The van der Waals surface area contributed by atoms with Crippen molar-refractivity contribution in [3.05, 3.63) is 24.3 Å². The maximum Gasteiger partial charge on any atom is 0.244 e. The first-order chi connectivity index (χ1) is 9.78. The number of hydrogen-bond acceptors (Lipinski definition) is 4. The van der Waals surface area contributed by atoms with Crippen LogP contribution in [0.1, 0.15) is 33.6 Å². The van der Waals surface area contributed by atoms with Crippen molar-refractivity contribution in [1.29, 1.82) is 0 Å². The van der Waals surface area contributed by atoms with Gasteiger partial charge in [-0.25, -0.2) is 0 Å². The van der Waals surface area contributed by atoms with E-state index in [4.69, 9.17) is 15.2 Å². The SMILES string of the molecule is CC(C)(C)Oc1ccc(NC(=O)C2(N)CCOCC2)cc1. The number of anilines is 1. The largest absolute Gasteiger partial charge is 0.488 e. The fraction of sp³-hybridized carbons (Fsp3) is 0.562. The summed E-state index contributed by atoms with van der Waals surface area (Å²) in [5.74, 6) is 0.615. The first kappa shape index (κ1) is 15.8. The van der Waals surface area contributed by atoms with E-state index in [2.05, 4.69) is 5.32 Å². The van der Waals surface area contributed by atoms with Gasteiger partial charge in [-0.05, 0) is 57.9 Å². The monoisotopic (exact) mass is 292 g/mol. The van der Waals surface area contributed by atoms with Gasteiger partial charge in [0, 0.05) is 18.9 Å². The molecule has 1 aliphatic heterocycles. The third-order valence-electron chi connectivity index (χ3n) is 3.37. The topological polar surface area (TPSA) is 73.6 Å². The minimum Gasteiger partial charge on any atom is -0.488 e. The molecule has 0 bridgehead atoms. The predicted octanol–water partition coefficient (Wildman–Crippen LogP) is 2.31. The number of hydrogen-bond donors (Lipinski definition) is 2. The molecule has 0 spiro atoms. The average molecular weight is 292 g/mol. The van der Waals surface area contributed by atoms with E-state index in [1.165, 1.54) is 0 Å². The second-order valence-corrected chi connectivity index (χ2v) is 6.46. The molecule has 1 heterocycles. The van der Waals surface area contributed by atoms with E-state index in [0.717, 1.165) is 11.4 Å². The van der Waals surface area contributed by atoms with Crippen LogP contribution in [0.5, 0.6) is 5.75 Å². The number of carbonyl (C=O) groups is 1. The highest BCUT2D eigenvalue weighted by Gasteiger charge is 2.35. The molecule has 0 aliphatic carbocycles. The minimum absolute atomic E-state index is 0.157. The first-order valence-electron chi connectivity index (χ1n) is 7.26. The van der Waals surface area contributed by atoms with Crippen molar-refractivity contribution in [3.63, 3.8) is 0 Å². The molecule has 1 aromatic rings. The highest BCUT2D eigenvalue weighted by atomic mass is 16.5. The number of rotatable bonds is 3. The van der Waals surface area contributed by atoms with Crippen molar-refractivity contribution >= 4 is 11.6 Å². The van der Waals surface area contributed by atoms with Gasteiger partial charge in [0.05, 0.1) is 0 Å². The smallest absolute Gasteiger partial charge is 0.244 e. The number of ether oxygens (including phenoxy) is 2. The van der Waals surface area contributed by atoms with Gasteiger partial charge in [0.25, 0.3) is 0 Å². The molecule has 0 saturated carbocycles. The summed E-state index contributed by atoms with van der Waals surface area (Å²) in [5, 5.41) is 2.87. The van der Waals surface area contributed by atoms with Crippen LogP contribution in [-0.2, 0) is 9.53 Å². The van der Waals surface area contributed by atoms with E-state index in [0.29, 0.717) is 26.1 Å². The Bertz CT molecular complexity index is 485. The molecule has 1 aromatic carbocycles. The van der Waals surface area contributed by atoms with Gasteiger partial charge >= 0.3 is 0 Å². The summed E-state index contributed by atoms with van der Waals surface area (Å²) in [6.07, 6.45) is 1.09. The molecule has 116 valence electrons. The van der Waals surface area contributed by atoms with Crippen molar-refractivity contribution in [2.24, 2.45) is 5.73 Å². The Labute approximate surface area is 125 Å². The van der Waals surface area contributed by atoms with E-state index < -0.39 is 5.54 Å². The van der Waals surface area contributed by atoms with Gasteiger partial charge in [0.1, 0.15) is 16.9 Å². The zero-order chi connectivity index (χ0) is 15.5. The zero-order valence-electron chi connectivity index (χ0n) is 12.9. The first-order valence-corrected chi connectivity index (χ1v) is 7.26. The molecule has 3 N–H and O–H groups in total. The summed E-state index contributed by atoms with van der Waals surface area (Å²) in [5.41, 5.74) is 5.79. The van der Waals surface area contributed by atoms with Gasteiger partial charge in [-0.15, -0.1) is 0 Å². The van der Waals surface area contributed by atoms with Crippen LogP contribution >= 0.6 is 0 Å². The number of nitrogens with one attached hydrogen (secondary N) is 1. The lowest BCUT2D eigenvalue weighted by molar-refractivity contribution is -0.124. The summed E-state index contributed by atoms with van der Waals surface area (Å²) < 4.78 is 11.0. The van der Waals surface area contributed by atoms with E-state index in [1.807, 2.05) is 45.0 Å². The molecule has 21 heavy (non-hydrogen) atoms. The van der Waals surface area contributed by atoms with Gasteiger partial charge in [-0.3, -0.25) is 4.79 Å². The normalized spacial score (nSPS) is 18.1. The van der Waals surface area contributed by atoms with Crippen molar-refractivity contribution in [2.45, 2.75) is 44.8 Å². The summed E-state index contributed by atoms with van der Waals surface area (Å²) in [7, 11) is 0. The van der Waals surface area contributed by atoms with Crippen LogP contribution in [0.3, 0.4) is 0 Å². The molecule has 1 fully saturated rings. The molecule has 5 heteroatoms. The standard InChI is InChI=1S/C16H24N2O3/c1-15(2,3)21-13-6-4-12(5-7-13)18-14(19)16(17)8-10-20-11-9-16/h4-7H,8-11,17H2,1-3H3,(H,18,19). The molecule has 0 radical (unpaired) electrons. The predicted molar refractivity (Wildman–Crippen MR) is 82.4 cm³/mol. The lowest BCUT2D eigenvalue weighted by atomic mass is 9.90. The molecular formula is C16H24N2O3. The van der Waals surface area contributed by atoms with Crippen molar-refractivity contribution in [2.75, 3.05) is 18.5 Å². The van der Waals surface area contributed by atoms with Crippen molar-refractivity contribution in [1.82, 2.24) is 0 Å². The Morgan fingerprint density at radius 1 is 1.24 bits per heavy atom. The maximum atomic E-state index is 12.3. The van der Waals surface area contributed by atoms with Gasteiger partial charge in [-0.1, -0.05) is 0 Å². The number of benzene rings is 1.